The number of nitrogens with one attached hydrogen (secondary N) is 1. The summed E-state index contributed by atoms with van der Waals surface area (Å²) < 4.78 is 29.4. The highest BCUT2D eigenvalue weighted by Gasteiger charge is 2.33. The Morgan fingerprint density at radius 3 is 2.31 bits per heavy atom. The summed E-state index contributed by atoms with van der Waals surface area (Å²) in [6.07, 6.45) is 2.15. The van der Waals surface area contributed by atoms with Gasteiger partial charge in [-0.05, 0) is 55.7 Å². The van der Waals surface area contributed by atoms with Crippen LogP contribution in [0.3, 0.4) is 0 Å². The van der Waals surface area contributed by atoms with Crippen LogP contribution in [0.25, 0.3) is 0 Å². The van der Waals surface area contributed by atoms with Crippen molar-refractivity contribution in [3.63, 3.8) is 0 Å². The van der Waals surface area contributed by atoms with E-state index in [4.69, 9.17) is 0 Å². The lowest BCUT2D eigenvalue weighted by atomic mass is 10.1. The standard InChI is InChI=1S/C30H36BrN3O4S/c1-4-6-18-32-30(36)28(5-2)33(21-24-13-10-12-23(3)19-24)29(35)22-34(26-15-11-14-25(31)20-26)39(37,38)27-16-8-7-9-17-27/h7-17,19-20,28H,4-6,18,21-22H2,1-3H3,(H,32,36)/t28-/m1/s1. The lowest BCUT2D eigenvalue weighted by molar-refractivity contribution is -0.140. The van der Waals surface area contributed by atoms with E-state index in [2.05, 4.69) is 21.2 Å². The second-order valence-electron chi connectivity index (χ2n) is 9.38. The van der Waals surface area contributed by atoms with Crippen molar-refractivity contribution < 1.29 is 18.0 Å². The molecule has 0 saturated heterocycles. The molecule has 7 nitrogen and oxygen atoms in total. The molecule has 208 valence electrons. The minimum Gasteiger partial charge on any atom is -0.354 e. The number of anilines is 1. The first-order valence-electron chi connectivity index (χ1n) is 13.1. The van der Waals surface area contributed by atoms with Gasteiger partial charge >= 0.3 is 0 Å². The summed E-state index contributed by atoms with van der Waals surface area (Å²) in [5, 5.41) is 2.94. The van der Waals surface area contributed by atoms with Crippen molar-refractivity contribution in [3.05, 3.63) is 94.5 Å². The van der Waals surface area contributed by atoms with Gasteiger partial charge in [0.25, 0.3) is 10.0 Å². The van der Waals surface area contributed by atoms with Crippen LogP contribution in [0.5, 0.6) is 0 Å². The highest BCUT2D eigenvalue weighted by Crippen LogP contribution is 2.27. The number of unbranched alkanes of at least 4 members (excludes halogenated alkanes) is 1. The molecule has 3 rings (SSSR count). The third-order valence-corrected chi connectivity index (χ3v) is 8.64. The third-order valence-electron chi connectivity index (χ3n) is 6.36. The van der Waals surface area contributed by atoms with E-state index < -0.39 is 28.5 Å². The molecule has 0 unspecified atom stereocenters. The molecule has 0 spiro atoms. The maximum absolute atomic E-state index is 14.0. The molecule has 0 radical (unpaired) electrons. The molecule has 0 aliphatic rings. The fourth-order valence-electron chi connectivity index (χ4n) is 4.31. The minimum atomic E-state index is -4.08. The van der Waals surface area contributed by atoms with Crippen LogP contribution in [-0.2, 0) is 26.2 Å². The number of sulfonamides is 1. The van der Waals surface area contributed by atoms with Crippen LogP contribution in [0.15, 0.2) is 88.2 Å². The molecule has 2 amide bonds. The Morgan fingerprint density at radius 1 is 0.949 bits per heavy atom. The summed E-state index contributed by atoms with van der Waals surface area (Å²) >= 11 is 3.41. The first-order valence-corrected chi connectivity index (χ1v) is 15.4. The lowest BCUT2D eigenvalue weighted by Crippen LogP contribution is -2.52. The van der Waals surface area contributed by atoms with E-state index in [-0.39, 0.29) is 17.3 Å². The number of rotatable bonds is 13. The van der Waals surface area contributed by atoms with Gasteiger partial charge in [0.2, 0.25) is 11.8 Å². The molecule has 0 aromatic heterocycles. The van der Waals surface area contributed by atoms with Crippen LogP contribution in [0.1, 0.15) is 44.2 Å². The molecule has 3 aromatic rings. The quantitative estimate of drug-likeness (QED) is 0.251. The van der Waals surface area contributed by atoms with Crippen LogP contribution < -0.4 is 9.62 Å². The van der Waals surface area contributed by atoms with Crippen LogP contribution in [0.4, 0.5) is 5.69 Å². The number of carbonyl (C=O) groups excluding carboxylic acids is 2. The van der Waals surface area contributed by atoms with Gasteiger partial charge in [-0.1, -0.05) is 90.3 Å². The van der Waals surface area contributed by atoms with E-state index in [0.29, 0.717) is 23.1 Å². The van der Waals surface area contributed by atoms with Gasteiger partial charge in [0.15, 0.2) is 0 Å². The molecule has 3 aromatic carbocycles. The van der Waals surface area contributed by atoms with Gasteiger partial charge in [0, 0.05) is 17.6 Å². The number of halogens is 1. The van der Waals surface area contributed by atoms with Crippen molar-refractivity contribution in [1.29, 1.82) is 0 Å². The maximum atomic E-state index is 14.0. The predicted molar refractivity (Wildman–Crippen MR) is 159 cm³/mol. The molecule has 0 heterocycles. The zero-order chi connectivity index (χ0) is 28.4. The molecule has 1 N–H and O–H groups in total. The fraction of sp³-hybridized carbons (Fsp3) is 0.333. The van der Waals surface area contributed by atoms with E-state index in [1.165, 1.54) is 17.0 Å². The lowest BCUT2D eigenvalue weighted by Gasteiger charge is -2.33. The highest BCUT2D eigenvalue weighted by molar-refractivity contribution is 9.10. The molecule has 0 aliphatic carbocycles. The predicted octanol–water partition coefficient (Wildman–Crippen LogP) is 5.68. The summed E-state index contributed by atoms with van der Waals surface area (Å²) in [7, 11) is -4.08. The SMILES string of the molecule is CCCCNC(=O)[C@@H](CC)N(Cc1cccc(C)c1)C(=O)CN(c1cccc(Br)c1)S(=O)(=O)c1ccccc1. The molecular formula is C30H36BrN3O4S. The normalized spacial score (nSPS) is 12.0. The van der Waals surface area contributed by atoms with Gasteiger partial charge < -0.3 is 10.2 Å². The van der Waals surface area contributed by atoms with Gasteiger partial charge in [-0.25, -0.2) is 8.42 Å². The molecule has 0 fully saturated rings. The Labute approximate surface area is 240 Å². The number of carbonyl (C=O) groups is 2. The Bertz CT molecular complexity index is 1370. The average Bonchev–Trinajstić information content (AvgIpc) is 2.92. The number of hydrogen-bond acceptors (Lipinski definition) is 4. The van der Waals surface area contributed by atoms with Crippen LogP contribution in [0.2, 0.25) is 0 Å². The van der Waals surface area contributed by atoms with E-state index >= 15 is 0 Å². The second kappa shape index (κ2) is 14.3. The van der Waals surface area contributed by atoms with E-state index in [9.17, 15) is 18.0 Å². The Morgan fingerprint density at radius 2 is 1.67 bits per heavy atom. The first kappa shape index (κ1) is 30.4. The number of amides is 2. The van der Waals surface area contributed by atoms with Gasteiger partial charge in [-0.15, -0.1) is 0 Å². The van der Waals surface area contributed by atoms with E-state index in [0.717, 1.165) is 28.3 Å². The summed E-state index contributed by atoms with van der Waals surface area (Å²) in [5.74, 6) is -0.708. The van der Waals surface area contributed by atoms with Crippen LogP contribution >= 0.6 is 15.9 Å². The summed E-state index contributed by atoms with van der Waals surface area (Å²) in [6, 6.07) is 21.8. The zero-order valence-corrected chi connectivity index (χ0v) is 25.0. The molecule has 1 atom stereocenters. The van der Waals surface area contributed by atoms with Crippen molar-refractivity contribution in [3.8, 4) is 0 Å². The maximum Gasteiger partial charge on any atom is 0.264 e. The van der Waals surface area contributed by atoms with E-state index in [1.54, 1.807) is 42.5 Å². The molecular weight excluding hydrogens is 578 g/mol. The molecule has 0 saturated carbocycles. The van der Waals surface area contributed by atoms with Crippen LogP contribution in [0, 0.1) is 6.92 Å². The van der Waals surface area contributed by atoms with Gasteiger partial charge in [-0.3, -0.25) is 13.9 Å². The highest BCUT2D eigenvalue weighted by atomic mass is 79.9. The molecule has 39 heavy (non-hydrogen) atoms. The number of nitrogens with zero attached hydrogens (tertiary/aromatic N) is 2. The summed E-state index contributed by atoms with van der Waals surface area (Å²) in [6.45, 7) is 6.10. The van der Waals surface area contributed by atoms with Gasteiger partial charge in [-0.2, -0.15) is 0 Å². The smallest absolute Gasteiger partial charge is 0.264 e. The average molecular weight is 615 g/mol. The topological polar surface area (TPSA) is 86.8 Å². The third kappa shape index (κ3) is 8.16. The Kier molecular flexibility index (Phi) is 11.1. The van der Waals surface area contributed by atoms with Crippen molar-refractivity contribution in [1.82, 2.24) is 10.2 Å². The fourth-order valence-corrected chi connectivity index (χ4v) is 6.13. The number of aryl methyl sites for hydroxylation is 1. The van der Waals surface area contributed by atoms with Gasteiger partial charge in [0.05, 0.1) is 10.6 Å². The second-order valence-corrected chi connectivity index (χ2v) is 12.2. The van der Waals surface area contributed by atoms with E-state index in [1.807, 2.05) is 45.0 Å². The van der Waals surface area contributed by atoms with Crippen LogP contribution in [-0.4, -0.2) is 44.3 Å². The monoisotopic (exact) mass is 613 g/mol. The first-order chi connectivity index (χ1) is 18.7. The Balaban J connectivity index is 2.02. The molecule has 9 heteroatoms. The Hall–Kier alpha value is -3.17. The zero-order valence-electron chi connectivity index (χ0n) is 22.6. The number of benzene rings is 3. The minimum absolute atomic E-state index is 0.0763. The largest absolute Gasteiger partial charge is 0.354 e. The van der Waals surface area contributed by atoms with Crippen molar-refractivity contribution in [2.75, 3.05) is 17.4 Å². The number of hydrogen-bond donors (Lipinski definition) is 1. The summed E-state index contributed by atoms with van der Waals surface area (Å²) in [4.78, 5) is 28.8. The van der Waals surface area contributed by atoms with Gasteiger partial charge in [0.1, 0.15) is 12.6 Å². The van der Waals surface area contributed by atoms with Crippen molar-refractivity contribution in [2.24, 2.45) is 0 Å². The van der Waals surface area contributed by atoms with Crippen molar-refractivity contribution in [2.45, 2.75) is 57.5 Å². The summed E-state index contributed by atoms with van der Waals surface area (Å²) in [5.41, 5.74) is 2.24. The molecule has 0 aliphatic heterocycles. The molecule has 0 bridgehead atoms. The van der Waals surface area contributed by atoms with Crippen molar-refractivity contribution >= 4 is 43.5 Å².